The maximum absolute atomic E-state index is 4.13. The summed E-state index contributed by atoms with van der Waals surface area (Å²) in [6, 6.07) is 2.04. The van der Waals surface area contributed by atoms with Gasteiger partial charge in [0.25, 0.3) is 0 Å². The van der Waals surface area contributed by atoms with E-state index in [9.17, 15) is 0 Å². The number of hydrogen-bond acceptors (Lipinski definition) is 3. The summed E-state index contributed by atoms with van der Waals surface area (Å²) in [5, 5.41) is 7.01. The van der Waals surface area contributed by atoms with Crippen molar-refractivity contribution >= 4 is 11.4 Å². The Morgan fingerprint density at radius 3 is 2.64 bits per heavy atom. The molecule has 1 aromatic heterocycles. The molecule has 1 spiro atoms. The van der Waals surface area contributed by atoms with Crippen LogP contribution in [0.15, 0.2) is 18.5 Å². The summed E-state index contributed by atoms with van der Waals surface area (Å²) in [7, 11) is 0. The van der Waals surface area contributed by atoms with Gasteiger partial charge < -0.3 is 10.6 Å². The van der Waals surface area contributed by atoms with Crippen LogP contribution in [0.25, 0.3) is 0 Å². The molecule has 74 valence electrons. The molecular weight excluding hydrogens is 174 g/mol. The Kier molecular flexibility index (Phi) is 1.66. The molecule has 14 heavy (non-hydrogen) atoms. The molecule has 0 unspecified atom stereocenters. The van der Waals surface area contributed by atoms with Crippen LogP contribution in [0.3, 0.4) is 0 Å². The second-order valence-electron chi connectivity index (χ2n) is 4.48. The van der Waals surface area contributed by atoms with Crippen LogP contribution in [0.2, 0.25) is 0 Å². The number of anilines is 2. The molecule has 0 saturated heterocycles. The fourth-order valence-electron chi connectivity index (χ4n) is 2.35. The monoisotopic (exact) mass is 189 g/mol. The van der Waals surface area contributed by atoms with E-state index in [2.05, 4.69) is 15.6 Å². The van der Waals surface area contributed by atoms with Crippen molar-refractivity contribution in [3.05, 3.63) is 18.5 Å². The van der Waals surface area contributed by atoms with Crippen molar-refractivity contribution in [1.29, 1.82) is 0 Å². The first-order valence-electron chi connectivity index (χ1n) is 5.30. The van der Waals surface area contributed by atoms with Crippen molar-refractivity contribution in [3.63, 3.8) is 0 Å². The quantitative estimate of drug-likeness (QED) is 0.656. The van der Waals surface area contributed by atoms with E-state index in [4.69, 9.17) is 0 Å². The maximum atomic E-state index is 4.13. The highest BCUT2D eigenvalue weighted by molar-refractivity contribution is 5.68. The molecule has 0 aromatic carbocycles. The average molecular weight is 189 g/mol. The van der Waals surface area contributed by atoms with Crippen LogP contribution in [0.1, 0.15) is 19.3 Å². The van der Waals surface area contributed by atoms with Gasteiger partial charge in [-0.3, -0.25) is 4.98 Å². The summed E-state index contributed by atoms with van der Waals surface area (Å²) in [5.74, 6) is 0. The van der Waals surface area contributed by atoms with Gasteiger partial charge in [0.1, 0.15) is 0 Å². The van der Waals surface area contributed by atoms with E-state index in [-0.39, 0.29) is 0 Å². The highest BCUT2D eigenvalue weighted by Gasteiger charge is 2.37. The topological polar surface area (TPSA) is 37.0 Å². The molecule has 1 saturated carbocycles. The van der Waals surface area contributed by atoms with Gasteiger partial charge in [-0.05, 0) is 18.9 Å². The van der Waals surface area contributed by atoms with Crippen LogP contribution in [-0.4, -0.2) is 18.1 Å². The number of nitrogens with zero attached hydrogens (tertiary/aromatic N) is 1. The third-order valence-corrected chi connectivity index (χ3v) is 3.54. The van der Waals surface area contributed by atoms with Crippen LogP contribution in [0.5, 0.6) is 0 Å². The molecule has 1 aliphatic heterocycles. The zero-order chi connectivity index (χ0) is 9.43. The molecule has 0 radical (unpaired) electrons. The van der Waals surface area contributed by atoms with Crippen molar-refractivity contribution in [2.75, 3.05) is 23.7 Å². The zero-order valence-corrected chi connectivity index (χ0v) is 8.21. The molecule has 0 amide bonds. The number of fused-ring (bicyclic) bond motifs is 1. The van der Waals surface area contributed by atoms with Crippen molar-refractivity contribution in [3.8, 4) is 0 Å². The Morgan fingerprint density at radius 1 is 1.14 bits per heavy atom. The minimum absolute atomic E-state index is 0.513. The molecule has 3 nitrogen and oxygen atoms in total. The van der Waals surface area contributed by atoms with Gasteiger partial charge in [0.2, 0.25) is 0 Å². The molecule has 1 aliphatic carbocycles. The summed E-state index contributed by atoms with van der Waals surface area (Å²) in [4.78, 5) is 4.13. The first-order valence-corrected chi connectivity index (χ1v) is 5.30. The minimum atomic E-state index is 0.513. The highest BCUT2D eigenvalue weighted by atomic mass is 15.0. The summed E-state index contributed by atoms with van der Waals surface area (Å²) < 4.78 is 0. The smallest absolute Gasteiger partial charge is 0.0762 e. The van der Waals surface area contributed by atoms with Crippen LogP contribution in [0.4, 0.5) is 11.4 Å². The molecule has 2 heterocycles. The molecule has 0 atom stereocenters. The van der Waals surface area contributed by atoms with Crippen molar-refractivity contribution in [2.24, 2.45) is 5.41 Å². The summed E-state index contributed by atoms with van der Waals surface area (Å²) in [6.45, 7) is 2.20. The predicted octanol–water partition coefficient (Wildman–Crippen LogP) is 2.09. The normalized spacial score (nSPS) is 22.6. The first kappa shape index (κ1) is 8.09. The highest BCUT2D eigenvalue weighted by Crippen LogP contribution is 2.43. The number of aromatic nitrogens is 1. The first-order chi connectivity index (χ1) is 6.88. The van der Waals surface area contributed by atoms with Gasteiger partial charge in [0.15, 0.2) is 0 Å². The van der Waals surface area contributed by atoms with Gasteiger partial charge >= 0.3 is 0 Å². The molecule has 3 rings (SSSR count). The van der Waals surface area contributed by atoms with E-state index >= 15 is 0 Å². The largest absolute Gasteiger partial charge is 0.383 e. The van der Waals surface area contributed by atoms with Gasteiger partial charge in [-0.15, -0.1) is 0 Å². The lowest BCUT2D eigenvalue weighted by Crippen LogP contribution is -2.40. The Balaban J connectivity index is 1.86. The van der Waals surface area contributed by atoms with Crippen LogP contribution in [0, 0.1) is 5.41 Å². The van der Waals surface area contributed by atoms with Gasteiger partial charge in [-0.2, -0.15) is 0 Å². The van der Waals surface area contributed by atoms with E-state index in [1.165, 1.54) is 24.9 Å². The van der Waals surface area contributed by atoms with Crippen molar-refractivity contribution < 1.29 is 0 Å². The van der Waals surface area contributed by atoms with Gasteiger partial charge in [0.05, 0.1) is 17.6 Å². The third kappa shape index (κ3) is 1.15. The molecule has 2 N–H and O–H groups in total. The second-order valence-corrected chi connectivity index (χ2v) is 4.48. The fraction of sp³-hybridized carbons (Fsp3) is 0.545. The van der Waals surface area contributed by atoms with Crippen molar-refractivity contribution in [2.45, 2.75) is 19.3 Å². The molecular formula is C11H15N3. The second kappa shape index (κ2) is 2.87. The summed E-state index contributed by atoms with van der Waals surface area (Å²) in [5.41, 5.74) is 2.86. The van der Waals surface area contributed by atoms with Gasteiger partial charge in [0, 0.05) is 24.7 Å². The zero-order valence-electron chi connectivity index (χ0n) is 8.21. The number of pyridine rings is 1. The summed E-state index contributed by atoms with van der Waals surface area (Å²) in [6.07, 6.45) is 7.84. The SMILES string of the molecule is c1cc2c(cn1)NCC1(CCC1)CN2. The molecule has 1 fully saturated rings. The van der Waals surface area contributed by atoms with Gasteiger partial charge in [-0.1, -0.05) is 6.42 Å². The maximum Gasteiger partial charge on any atom is 0.0762 e. The average Bonchev–Trinajstić information content (AvgIpc) is 2.36. The van der Waals surface area contributed by atoms with Gasteiger partial charge in [-0.25, -0.2) is 0 Å². The fourth-order valence-corrected chi connectivity index (χ4v) is 2.35. The predicted molar refractivity (Wildman–Crippen MR) is 57.5 cm³/mol. The molecule has 3 heteroatoms. The number of nitrogens with one attached hydrogen (secondary N) is 2. The molecule has 2 aliphatic rings. The molecule has 0 bridgehead atoms. The lowest BCUT2D eigenvalue weighted by Gasteiger charge is -2.40. The number of hydrogen-bond donors (Lipinski definition) is 2. The van der Waals surface area contributed by atoms with Crippen LogP contribution >= 0.6 is 0 Å². The van der Waals surface area contributed by atoms with E-state index in [0.29, 0.717) is 5.41 Å². The Bertz CT molecular complexity index is 315. The molecule has 1 aromatic rings. The Morgan fingerprint density at radius 2 is 1.93 bits per heavy atom. The number of rotatable bonds is 0. The lowest BCUT2D eigenvalue weighted by atomic mass is 9.69. The lowest BCUT2D eigenvalue weighted by molar-refractivity contribution is 0.171. The Hall–Kier alpha value is -1.25. The standard InChI is InChI=1S/C11H15N3/c1-3-11(4-1)7-13-9-2-5-12-6-10(9)14-8-11/h2,5-6,13-14H,1,3-4,7-8H2. The van der Waals surface area contributed by atoms with E-state index in [0.717, 1.165) is 18.8 Å². The summed E-state index contributed by atoms with van der Waals surface area (Å²) >= 11 is 0. The minimum Gasteiger partial charge on any atom is -0.383 e. The van der Waals surface area contributed by atoms with E-state index in [1.807, 2.05) is 18.5 Å². The van der Waals surface area contributed by atoms with E-state index < -0.39 is 0 Å². The Labute approximate surface area is 83.9 Å². The van der Waals surface area contributed by atoms with E-state index in [1.54, 1.807) is 0 Å². The third-order valence-electron chi connectivity index (χ3n) is 3.54. The van der Waals surface area contributed by atoms with Crippen LogP contribution in [-0.2, 0) is 0 Å². The van der Waals surface area contributed by atoms with Crippen molar-refractivity contribution in [1.82, 2.24) is 4.98 Å². The van der Waals surface area contributed by atoms with Crippen LogP contribution < -0.4 is 10.6 Å².